The molecule has 1 N–H and O–H groups in total. The number of nitrogens with one attached hydrogen (secondary N) is 1. The molecule has 2 aromatic heterocycles. The van der Waals surface area contributed by atoms with E-state index in [9.17, 15) is 14.0 Å². The summed E-state index contributed by atoms with van der Waals surface area (Å²) in [6.07, 6.45) is 1.64. The van der Waals surface area contributed by atoms with Crippen LogP contribution >= 0.6 is 15.9 Å². The van der Waals surface area contributed by atoms with Gasteiger partial charge < -0.3 is 14.6 Å². The van der Waals surface area contributed by atoms with Crippen molar-refractivity contribution in [2.75, 3.05) is 10.2 Å². The summed E-state index contributed by atoms with van der Waals surface area (Å²) in [5.41, 5.74) is 1.99. The fourth-order valence-electron chi connectivity index (χ4n) is 3.07. The monoisotopic (exact) mass is 493 g/mol. The number of hydrogen-bond acceptors (Lipinski definition) is 4. The van der Waals surface area contributed by atoms with Gasteiger partial charge in [0.25, 0.3) is 11.8 Å². The first-order valence-corrected chi connectivity index (χ1v) is 10.4. The maximum Gasteiger partial charge on any atom is 0.291 e. The van der Waals surface area contributed by atoms with Gasteiger partial charge in [0.2, 0.25) is 0 Å². The van der Waals surface area contributed by atoms with E-state index in [4.69, 9.17) is 4.42 Å². The Labute approximate surface area is 191 Å². The minimum absolute atomic E-state index is 0.136. The van der Waals surface area contributed by atoms with Gasteiger partial charge >= 0.3 is 0 Å². The van der Waals surface area contributed by atoms with Crippen molar-refractivity contribution in [2.45, 2.75) is 6.54 Å². The van der Waals surface area contributed by atoms with Crippen molar-refractivity contribution in [1.29, 1.82) is 0 Å². The molecule has 0 radical (unpaired) electrons. The molecule has 4 aromatic rings. The van der Waals surface area contributed by atoms with Crippen molar-refractivity contribution in [1.82, 2.24) is 4.98 Å². The number of pyridine rings is 1. The van der Waals surface area contributed by atoms with Gasteiger partial charge in [0, 0.05) is 23.1 Å². The lowest BCUT2D eigenvalue weighted by atomic mass is 10.1. The summed E-state index contributed by atoms with van der Waals surface area (Å²) in [5, 5.41) is 2.72. The number of anilines is 2. The van der Waals surface area contributed by atoms with Crippen LogP contribution in [0.25, 0.3) is 0 Å². The van der Waals surface area contributed by atoms with Crippen LogP contribution in [0.4, 0.5) is 15.8 Å². The van der Waals surface area contributed by atoms with E-state index in [0.29, 0.717) is 27.3 Å². The van der Waals surface area contributed by atoms with Crippen LogP contribution in [0.3, 0.4) is 0 Å². The van der Waals surface area contributed by atoms with Crippen LogP contribution in [0.5, 0.6) is 0 Å². The predicted molar refractivity (Wildman–Crippen MR) is 122 cm³/mol. The SMILES string of the molecule is O=C(Nc1cccc(C(=O)N(Cc2ccccn2)c2ccc(F)cc2)c1)c1ccc(Br)o1. The molecule has 2 heterocycles. The van der Waals surface area contributed by atoms with Crippen LogP contribution in [0, 0.1) is 5.82 Å². The first-order valence-electron chi connectivity index (χ1n) is 9.64. The molecule has 0 saturated heterocycles. The third kappa shape index (κ3) is 5.09. The molecule has 4 rings (SSSR count). The Bertz CT molecular complexity index is 1240. The smallest absolute Gasteiger partial charge is 0.291 e. The largest absolute Gasteiger partial charge is 0.444 e. The summed E-state index contributed by atoms with van der Waals surface area (Å²) < 4.78 is 19.2. The lowest BCUT2D eigenvalue weighted by Gasteiger charge is -2.23. The van der Waals surface area contributed by atoms with Crippen molar-refractivity contribution in [3.63, 3.8) is 0 Å². The second kappa shape index (κ2) is 9.57. The third-order valence-electron chi connectivity index (χ3n) is 4.59. The Balaban J connectivity index is 1.60. The Morgan fingerprint density at radius 2 is 1.81 bits per heavy atom. The Morgan fingerprint density at radius 1 is 1.00 bits per heavy atom. The Morgan fingerprint density at radius 3 is 2.50 bits per heavy atom. The number of benzene rings is 2. The van der Waals surface area contributed by atoms with Crippen molar-refractivity contribution >= 4 is 39.1 Å². The first-order chi connectivity index (χ1) is 15.5. The van der Waals surface area contributed by atoms with E-state index >= 15 is 0 Å². The summed E-state index contributed by atoms with van der Waals surface area (Å²) in [6, 6.07) is 20.8. The Kier molecular flexibility index (Phi) is 6.42. The minimum atomic E-state index is -0.441. The molecule has 2 aromatic carbocycles. The molecule has 0 aliphatic carbocycles. The van der Waals surface area contributed by atoms with Crippen LogP contribution in [-0.4, -0.2) is 16.8 Å². The second-order valence-electron chi connectivity index (χ2n) is 6.83. The number of furan rings is 1. The minimum Gasteiger partial charge on any atom is -0.444 e. The molecule has 0 bridgehead atoms. The van der Waals surface area contributed by atoms with E-state index in [0.717, 1.165) is 0 Å². The van der Waals surface area contributed by atoms with Crippen molar-refractivity contribution < 1.29 is 18.4 Å². The van der Waals surface area contributed by atoms with E-state index in [1.807, 2.05) is 12.1 Å². The molecule has 2 amide bonds. The van der Waals surface area contributed by atoms with Gasteiger partial charge in [-0.2, -0.15) is 0 Å². The highest BCUT2D eigenvalue weighted by molar-refractivity contribution is 9.10. The van der Waals surface area contributed by atoms with Crippen LogP contribution < -0.4 is 10.2 Å². The molecule has 0 aliphatic rings. The molecule has 0 atom stereocenters. The molecule has 6 nitrogen and oxygen atoms in total. The summed E-state index contributed by atoms with van der Waals surface area (Å²) in [6.45, 7) is 0.197. The van der Waals surface area contributed by atoms with Gasteiger partial charge in [0.15, 0.2) is 10.4 Å². The molecule has 160 valence electrons. The van der Waals surface area contributed by atoms with Gasteiger partial charge in [0.05, 0.1) is 12.2 Å². The fraction of sp³-hybridized carbons (Fsp3) is 0.0417. The predicted octanol–water partition coefficient (Wildman–Crippen LogP) is 5.68. The second-order valence-corrected chi connectivity index (χ2v) is 7.61. The highest BCUT2D eigenvalue weighted by Gasteiger charge is 2.20. The number of aromatic nitrogens is 1. The Hall–Kier alpha value is -3.78. The maximum atomic E-state index is 13.5. The molecular weight excluding hydrogens is 477 g/mol. The molecule has 0 unspecified atom stereocenters. The third-order valence-corrected chi connectivity index (χ3v) is 5.02. The van der Waals surface area contributed by atoms with Crippen LogP contribution in [-0.2, 0) is 6.54 Å². The molecule has 0 aliphatic heterocycles. The zero-order chi connectivity index (χ0) is 22.5. The van der Waals surface area contributed by atoms with Crippen molar-refractivity contribution in [2.24, 2.45) is 0 Å². The number of nitrogens with zero attached hydrogens (tertiary/aromatic N) is 2. The van der Waals surface area contributed by atoms with Crippen molar-refractivity contribution in [3.8, 4) is 0 Å². The summed E-state index contributed by atoms with van der Waals surface area (Å²) in [7, 11) is 0. The lowest BCUT2D eigenvalue weighted by molar-refractivity contribution is 0.0979. The highest BCUT2D eigenvalue weighted by atomic mass is 79.9. The van der Waals surface area contributed by atoms with Gasteiger partial charge in [-0.05, 0) is 82.7 Å². The number of rotatable bonds is 6. The number of halogens is 2. The zero-order valence-electron chi connectivity index (χ0n) is 16.7. The zero-order valence-corrected chi connectivity index (χ0v) is 18.3. The molecule has 0 saturated carbocycles. The number of amides is 2. The average Bonchev–Trinajstić information content (AvgIpc) is 3.25. The lowest BCUT2D eigenvalue weighted by Crippen LogP contribution is -2.30. The topological polar surface area (TPSA) is 75.4 Å². The maximum absolute atomic E-state index is 13.5. The van der Waals surface area contributed by atoms with Gasteiger partial charge in [0.1, 0.15) is 5.82 Å². The number of carbonyl (C=O) groups is 2. The molecule has 0 fully saturated rings. The van der Waals surface area contributed by atoms with E-state index in [-0.39, 0.29) is 18.2 Å². The molecule has 8 heteroatoms. The van der Waals surface area contributed by atoms with Gasteiger partial charge in [-0.25, -0.2) is 4.39 Å². The van der Waals surface area contributed by atoms with Gasteiger partial charge in [-0.15, -0.1) is 0 Å². The van der Waals surface area contributed by atoms with E-state index in [2.05, 4.69) is 26.2 Å². The van der Waals surface area contributed by atoms with Crippen LogP contribution in [0.15, 0.2) is 94.1 Å². The van der Waals surface area contributed by atoms with E-state index < -0.39 is 11.7 Å². The highest BCUT2D eigenvalue weighted by Crippen LogP contribution is 2.22. The standard InChI is InChI=1S/C24H17BrFN3O3/c25-22-12-11-21(32-22)23(30)28-18-6-3-4-16(14-18)24(31)29(15-19-5-1-2-13-27-19)20-9-7-17(26)8-10-20/h1-14H,15H2,(H,28,30). The van der Waals surface area contributed by atoms with Crippen LogP contribution in [0.2, 0.25) is 0 Å². The van der Waals surface area contributed by atoms with E-state index in [1.165, 1.54) is 35.2 Å². The number of hydrogen-bond donors (Lipinski definition) is 1. The molecule has 32 heavy (non-hydrogen) atoms. The fourth-order valence-corrected chi connectivity index (χ4v) is 3.38. The van der Waals surface area contributed by atoms with Gasteiger partial charge in [-0.3, -0.25) is 14.6 Å². The van der Waals surface area contributed by atoms with Crippen molar-refractivity contribution in [3.05, 3.63) is 113 Å². The normalized spacial score (nSPS) is 10.6. The van der Waals surface area contributed by atoms with E-state index in [1.54, 1.807) is 42.6 Å². The first kappa shape index (κ1) is 21.5. The summed E-state index contributed by atoms with van der Waals surface area (Å²) in [4.78, 5) is 31.6. The average molecular weight is 494 g/mol. The molecular formula is C24H17BrFN3O3. The van der Waals surface area contributed by atoms with Gasteiger partial charge in [-0.1, -0.05) is 12.1 Å². The summed E-state index contributed by atoms with van der Waals surface area (Å²) in [5.74, 6) is -1.02. The number of carbonyl (C=O) groups excluding carboxylic acids is 2. The quantitative estimate of drug-likeness (QED) is 0.375. The summed E-state index contributed by atoms with van der Waals surface area (Å²) >= 11 is 3.16. The van der Waals surface area contributed by atoms with Crippen LogP contribution in [0.1, 0.15) is 26.6 Å². The molecule has 0 spiro atoms.